The Labute approximate surface area is 74.5 Å². The van der Waals surface area contributed by atoms with Crippen LogP contribution in [-0.2, 0) is 0 Å². The molecular weight excluding hydrogens is 174 g/mol. The van der Waals surface area contributed by atoms with E-state index in [2.05, 4.69) is 10.1 Å². The number of nitrogens with two attached hydrogens (primary N) is 1. The van der Waals surface area contributed by atoms with E-state index < -0.39 is 0 Å². The number of aromatic nitrogens is 1. The van der Waals surface area contributed by atoms with Gasteiger partial charge in [0.1, 0.15) is 5.69 Å². The highest BCUT2D eigenvalue weighted by atomic mass is 32.2. The highest BCUT2D eigenvalue weighted by Crippen LogP contribution is 2.13. The van der Waals surface area contributed by atoms with Crippen molar-refractivity contribution in [3.05, 3.63) is 24.0 Å². The maximum atomic E-state index is 8.37. The molecule has 0 unspecified atom stereocenters. The van der Waals surface area contributed by atoms with Crippen LogP contribution < -0.4 is 5.73 Å². The van der Waals surface area contributed by atoms with E-state index in [1.165, 1.54) is 0 Å². The summed E-state index contributed by atoms with van der Waals surface area (Å²) < 4.78 is 0. The molecule has 0 fully saturated rings. The Morgan fingerprint density at radius 2 is 2.50 bits per heavy atom. The Hall–Kier alpha value is -1.23. The maximum Gasteiger partial charge on any atom is 0.188 e. The highest BCUT2D eigenvalue weighted by Gasteiger charge is 2.00. The predicted molar refractivity (Wildman–Crippen MR) is 48.5 cm³/mol. The molecule has 0 aliphatic carbocycles. The number of hydrogen-bond donors (Lipinski definition) is 2. The number of pyridine rings is 1. The molecule has 0 aliphatic rings. The molecule has 0 radical (unpaired) electrons. The van der Waals surface area contributed by atoms with Crippen molar-refractivity contribution in [2.24, 2.45) is 10.9 Å². The Bertz CT molecular complexity index is 300. The molecule has 0 saturated heterocycles. The van der Waals surface area contributed by atoms with Crippen LogP contribution in [0.4, 0.5) is 0 Å². The zero-order chi connectivity index (χ0) is 8.97. The number of amidine groups is 1. The number of thioether (sulfide) groups is 1. The lowest BCUT2D eigenvalue weighted by Crippen LogP contribution is -2.14. The first-order valence-corrected chi connectivity index (χ1v) is 4.48. The van der Waals surface area contributed by atoms with Crippen LogP contribution in [0.15, 0.2) is 28.4 Å². The van der Waals surface area contributed by atoms with Crippen molar-refractivity contribution in [1.29, 1.82) is 0 Å². The van der Waals surface area contributed by atoms with Gasteiger partial charge in [-0.25, -0.2) is 0 Å². The van der Waals surface area contributed by atoms with Gasteiger partial charge in [-0.2, -0.15) is 0 Å². The first-order chi connectivity index (χ1) is 5.77. The second-order valence-electron chi connectivity index (χ2n) is 2.07. The standard InChI is InChI=1S/C7H9N3OS/c1-12-5-2-3-9-6(4-5)7(8)10-11/h2-4,11H,1H3,(H2,8,10). The van der Waals surface area contributed by atoms with Crippen LogP contribution in [0, 0.1) is 0 Å². The highest BCUT2D eigenvalue weighted by molar-refractivity contribution is 7.98. The van der Waals surface area contributed by atoms with Gasteiger partial charge in [-0.05, 0) is 18.4 Å². The number of hydrogen-bond acceptors (Lipinski definition) is 4. The van der Waals surface area contributed by atoms with E-state index in [1.54, 1.807) is 24.0 Å². The number of nitrogens with zero attached hydrogens (tertiary/aromatic N) is 2. The van der Waals surface area contributed by atoms with Gasteiger partial charge in [0.25, 0.3) is 0 Å². The van der Waals surface area contributed by atoms with Crippen LogP contribution in [-0.4, -0.2) is 22.3 Å². The maximum absolute atomic E-state index is 8.37. The lowest BCUT2D eigenvalue weighted by atomic mass is 10.3. The van der Waals surface area contributed by atoms with E-state index in [-0.39, 0.29) is 5.84 Å². The van der Waals surface area contributed by atoms with Gasteiger partial charge in [-0.1, -0.05) is 5.16 Å². The van der Waals surface area contributed by atoms with Crippen LogP contribution >= 0.6 is 11.8 Å². The quantitative estimate of drug-likeness (QED) is 0.235. The molecule has 0 aliphatic heterocycles. The zero-order valence-corrected chi connectivity index (χ0v) is 7.38. The van der Waals surface area contributed by atoms with E-state index >= 15 is 0 Å². The van der Waals surface area contributed by atoms with E-state index in [0.717, 1.165) is 4.90 Å². The molecule has 0 aromatic carbocycles. The molecule has 5 heteroatoms. The predicted octanol–water partition coefficient (Wildman–Crippen LogP) is 0.898. The summed E-state index contributed by atoms with van der Waals surface area (Å²) in [5.74, 6) is 0.0332. The third-order valence-electron chi connectivity index (χ3n) is 1.34. The van der Waals surface area contributed by atoms with Gasteiger partial charge in [0, 0.05) is 11.1 Å². The van der Waals surface area contributed by atoms with Gasteiger partial charge < -0.3 is 10.9 Å². The summed E-state index contributed by atoms with van der Waals surface area (Å²) in [6.07, 6.45) is 3.57. The first-order valence-electron chi connectivity index (χ1n) is 3.26. The van der Waals surface area contributed by atoms with E-state index in [1.807, 2.05) is 12.3 Å². The Kier molecular flexibility index (Phi) is 2.93. The van der Waals surface area contributed by atoms with E-state index in [9.17, 15) is 0 Å². The smallest absolute Gasteiger partial charge is 0.188 e. The lowest BCUT2D eigenvalue weighted by Gasteiger charge is -1.99. The van der Waals surface area contributed by atoms with Crippen molar-refractivity contribution in [2.45, 2.75) is 4.90 Å². The molecule has 64 valence electrons. The fourth-order valence-electron chi connectivity index (χ4n) is 0.729. The van der Waals surface area contributed by atoms with Crippen LogP contribution in [0.2, 0.25) is 0 Å². The second kappa shape index (κ2) is 3.96. The van der Waals surface area contributed by atoms with Crippen molar-refractivity contribution < 1.29 is 5.21 Å². The van der Waals surface area contributed by atoms with Gasteiger partial charge in [0.2, 0.25) is 0 Å². The zero-order valence-electron chi connectivity index (χ0n) is 6.56. The van der Waals surface area contributed by atoms with Gasteiger partial charge in [0.15, 0.2) is 5.84 Å². The molecule has 4 nitrogen and oxygen atoms in total. The SMILES string of the molecule is CSc1ccnc(C(N)=NO)c1. The monoisotopic (exact) mass is 183 g/mol. The fourth-order valence-corrected chi connectivity index (χ4v) is 1.16. The third kappa shape index (κ3) is 1.88. The van der Waals surface area contributed by atoms with Crippen LogP contribution in [0.25, 0.3) is 0 Å². The second-order valence-corrected chi connectivity index (χ2v) is 2.95. The molecule has 1 aromatic rings. The molecule has 12 heavy (non-hydrogen) atoms. The van der Waals surface area contributed by atoms with Crippen LogP contribution in [0.3, 0.4) is 0 Å². The molecule has 0 amide bonds. The third-order valence-corrected chi connectivity index (χ3v) is 2.06. The Morgan fingerprint density at radius 1 is 1.75 bits per heavy atom. The molecule has 1 heterocycles. The van der Waals surface area contributed by atoms with E-state index in [4.69, 9.17) is 10.9 Å². The Balaban J connectivity index is 3.02. The van der Waals surface area contributed by atoms with E-state index in [0.29, 0.717) is 5.69 Å². The number of rotatable bonds is 2. The normalized spacial score (nSPS) is 11.6. The van der Waals surface area contributed by atoms with Crippen molar-refractivity contribution in [2.75, 3.05) is 6.26 Å². The molecule has 0 atom stereocenters. The van der Waals surface area contributed by atoms with Crippen molar-refractivity contribution in [3.63, 3.8) is 0 Å². The molecule has 0 spiro atoms. The summed E-state index contributed by atoms with van der Waals surface area (Å²) >= 11 is 1.58. The summed E-state index contributed by atoms with van der Waals surface area (Å²) in [5, 5.41) is 11.2. The van der Waals surface area contributed by atoms with Gasteiger partial charge in [0.05, 0.1) is 0 Å². The summed E-state index contributed by atoms with van der Waals surface area (Å²) in [6.45, 7) is 0. The molecule has 1 rings (SSSR count). The van der Waals surface area contributed by atoms with Crippen molar-refractivity contribution >= 4 is 17.6 Å². The summed E-state index contributed by atoms with van der Waals surface area (Å²) in [5.41, 5.74) is 5.84. The number of oxime groups is 1. The molecular formula is C7H9N3OS. The molecule has 0 bridgehead atoms. The first kappa shape index (κ1) is 8.86. The summed E-state index contributed by atoms with van der Waals surface area (Å²) in [4.78, 5) is 4.96. The van der Waals surface area contributed by atoms with Crippen LogP contribution in [0.5, 0.6) is 0 Å². The van der Waals surface area contributed by atoms with Crippen molar-refractivity contribution in [1.82, 2.24) is 4.98 Å². The van der Waals surface area contributed by atoms with Crippen LogP contribution in [0.1, 0.15) is 5.69 Å². The minimum atomic E-state index is 0.0332. The fraction of sp³-hybridized carbons (Fsp3) is 0.143. The van der Waals surface area contributed by atoms with Crippen molar-refractivity contribution in [3.8, 4) is 0 Å². The van der Waals surface area contributed by atoms with Gasteiger partial charge in [-0.15, -0.1) is 11.8 Å². The molecule has 1 aromatic heterocycles. The molecule has 3 N–H and O–H groups in total. The topological polar surface area (TPSA) is 71.5 Å². The minimum absolute atomic E-state index is 0.0332. The summed E-state index contributed by atoms with van der Waals surface area (Å²) in [7, 11) is 0. The Morgan fingerprint density at radius 3 is 3.08 bits per heavy atom. The average Bonchev–Trinajstić information content (AvgIpc) is 2.17. The largest absolute Gasteiger partial charge is 0.409 e. The van der Waals surface area contributed by atoms with Gasteiger partial charge >= 0.3 is 0 Å². The average molecular weight is 183 g/mol. The molecule has 0 saturated carbocycles. The summed E-state index contributed by atoms with van der Waals surface area (Å²) in [6, 6.07) is 3.62. The van der Waals surface area contributed by atoms with Gasteiger partial charge in [-0.3, -0.25) is 4.98 Å². The minimum Gasteiger partial charge on any atom is -0.409 e. The lowest BCUT2D eigenvalue weighted by molar-refractivity contribution is 0.318.